The molecule has 1 saturated heterocycles. The molecule has 0 unspecified atom stereocenters. The van der Waals surface area contributed by atoms with E-state index in [1.54, 1.807) is 0 Å². The molecule has 2 aliphatic rings. The number of benzene rings is 2. The molecule has 4 nitrogen and oxygen atoms in total. The molecule has 2 heterocycles. The van der Waals surface area contributed by atoms with E-state index in [-0.39, 0.29) is 23.7 Å². The van der Waals surface area contributed by atoms with Gasteiger partial charge in [-0.3, -0.25) is 9.59 Å². The summed E-state index contributed by atoms with van der Waals surface area (Å²) in [5.74, 6) is -0.864. The highest BCUT2D eigenvalue weighted by Gasteiger charge is 2.51. The van der Waals surface area contributed by atoms with Crippen molar-refractivity contribution in [1.29, 1.82) is 0 Å². The summed E-state index contributed by atoms with van der Waals surface area (Å²) < 4.78 is 0. The van der Waals surface area contributed by atoms with Crippen molar-refractivity contribution in [3.63, 3.8) is 0 Å². The predicted octanol–water partition coefficient (Wildman–Crippen LogP) is 2.41. The standard InChI is InChI=1S/C18H16N2O2/c1-19-11-14-16(13-9-5-6-10-15(13)19)18(22)20(17(14)21)12-7-3-2-4-8-12/h2-10,14,16H,11H2,1H3/t14-,16+/m1/s1. The van der Waals surface area contributed by atoms with Gasteiger partial charge in [0.15, 0.2) is 0 Å². The number of imide groups is 1. The van der Waals surface area contributed by atoms with E-state index >= 15 is 0 Å². The number of carbonyl (C=O) groups is 2. The van der Waals surface area contributed by atoms with Crippen molar-refractivity contribution < 1.29 is 9.59 Å². The van der Waals surface area contributed by atoms with Gasteiger partial charge in [0.1, 0.15) is 0 Å². The summed E-state index contributed by atoms with van der Waals surface area (Å²) >= 11 is 0. The summed E-state index contributed by atoms with van der Waals surface area (Å²) in [6, 6.07) is 17.0. The van der Waals surface area contributed by atoms with Crippen LogP contribution in [0.3, 0.4) is 0 Å². The quantitative estimate of drug-likeness (QED) is 0.758. The molecular weight excluding hydrogens is 276 g/mol. The van der Waals surface area contributed by atoms with Crippen LogP contribution in [-0.4, -0.2) is 25.4 Å². The van der Waals surface area contributed by atoms with E-state index in [4.69, 9.17) is 0 Å². The highest BCUT2D eigenvalue weighted by Crippen LogP contribution is 2.44. The lowest BCUT2D eigenvalue weighted by atomic mass is 9.83. The van der Waals surface area contributed by atoms with E-state index < -0.39 is 0 Å². The maximum atomic E-state index is 12.9. The van der Waals surface area contributed by atoms with Crippen molar-refractivity contribution in [3.8, 4) is 0 Å². The predicted molar refractivity (Wildman–Crippen MR) is 84.9 cm³/mol. The van der Waals surface area contributed by atoms with E-state index in [2.05, 4.69) is 4.90 Å². The van der Waals surface area contributed by atoms with E-state index in [9.17, 15) is 9.59 Å². The molecule has 0 aliphatic carbocycles. The Labute approximate surface area is 129 Å². The number of fused-ring (bicyclic) bond motifs is 3. The lowest BCUT2D eigenvalue weighted by Gasteiger charge is -2.33. The first kappa shape index (κ1) is 13.1. The van der Waals surface area contributed by atoms with Crippen molar-refractivity contribution in [3.05, 3.63) is 60.2 Å². The summed E-state index contributed by atoms with van der Waals surface area (Å²) in [7, 11) is 1.97. The van der Waals surface area contributed by atoms with Gasteiger partial charge in [0.05, 0.1) is 17.5 Å². The van der Waals surface area contributed by atoms with Crippen LogP contribution in [-0.2, 0) is 9.59 Å². The summed E-state index contributed by atoms with van der Waals surface area (Å²) in [5.41, 5.74) is 2.66. The van der Waals surface area contributed by atoms with Gasteiger partial charge in [-0.1, -0.05) is 36.4 Å². The van der Waals surface area contributed by atoms with Gasteiger partial charge >= 0.3 is 0 Å². The van der Waals surface area contributed by atoms with Gasteiger partial charge in [-0.2, -0.15) is 0 Å². The maximum Gasteiger partial charge on any atom is 0.242 e. The fourth-order valence-electron chi connectivity index (χ4n) is 3.58. The van der Waals surface area contributed by atoms with Crippen LogP contribution < -0.4 is 9.80 Å². The molecule has 4 rings (SSSR count). The minimum Gasteiger partial charge on any atom is -0.374 e. The molecule has 0 aromatic heterocycles. The van der Waals surface area contributed by atoms with Crippen molar-refractivity contribution in [2.45, 2.75) is 5.92 Å². The molecule has 0 spiro atoms. The van der Waals surface area contributed by atoms with Crippen LogP contribution in [0.25, 0.3) is 0 Å². The molecule has 1 fully saturated rings. The molecule has 110 valence electrons. The summed E-state index contributed by atoms with van der Waals surface area (Å²) in [5, 5.41) is 0. The zero-order valence-corrected chi connectivity index (χ0v) is 12.3. The zero-order chi connectivity index (χ0) is 15.3. The lowest BCUT2D eigenvalue weighted by molar-refractivity contribution is -0.122. The first-order valence-electron chi connectivity index (χ1n) is 7.41. The summed E-state index contributed by atoms with van der Waals surface area (Å²) in [6.07, 6.45) is 0. The first-order valence-corrected chi connectivity index (χ1v) is 7.41. The van der Waals surface area contributed by atoms with Crippen molar-refractivity contribution >= 4 is 23.2 Å². The van der Waals surface area contributed by atoms with Crippen LogP contribution in [0.2, 0.25) is 0 Å². The molecule has 0 saturated carbocycles. The number of nitrogens with zero attached hydrogens (tertiary/aromatic N) is 2. The molecule has 2 aliphatic heterocycles. The van der Waals surface area contributed by atoms with E-state index in [0.717, 1.165) is 11.3 Å². The van der Waals surface area contributed by atoms with Gasteiger partial charge in [-0.25, -0.2) is 4.90 Å². The molecular formula is C18H16N2O2. The van der Waals surface area contributed by atoms with Gasteiger partial charge in [-0.15, -0.1) is 0 Å². The molecule has 4 heteroatoms. The number of hydrogen-bond acceptors (Lipinski definition) is 3. The highest BCUT2D eigenvalue weighted by atomic mass is 16.2. The van der Waals surface area contributed by atoms with E-state index in [1.807, 2.05) is 61.6 Å². The largest absolute Gasteiger partial charge is 0.374 e. The molecule has 2 atom stereocenters. The van der Waals surface area contributed by atoms with Crippen molar-refractivity contribution in [2.24, 2.45) is 5.92 Å². The Kier molecular flexibility index (Phi) is 2.79. The second-order valence-corrected chi connectivity index (χ2v) is 5.87. The molecule has 0 radical (unpaired) electrons. The third kappa shape index (κ3) is 1.70. The molecule has 2 amide bonds. The normalized spacial score (nSPS) is 23.5. The monoisotopic (exact) mass is 292 g/mol. The van der Waals surface area contributed by atoms with Crippen LogP contribution in [0.4, 0.5) is 11.4 Å². The smallest absolute Gasteiger partial charge is 0.242 e. The Morgan fingerprint density at radius 1 is 0.909 bits per heavy atom. The fourth-order valence-corrected chi connectivity index (χ4v) is 3.58. The van der Waals surface area contributed by atoms with Crippen molar-refractivity contribution in [2.75, 3.05) is 23.4 Å². The summed E-state index contributed by atoms with van der Waals surface area (Å²) in [6.45, 7) is 0.579. The molecule has 2 aromatic carbocycles. The number of amides is 2. The minimum absolute atomic E-state index is 0.0949. The van der Waals surface area contributed by atoms with Crippen LogP contribution in [0, 0.1) is 5.92 Å². The lowest BCUT2D eigenvalue weighted by Crippen LogP contribution is -2.37. The van der Waals surface area contributed by atoms with Crippen LogP contribution in [0.1, 0.15) is 11.5 Å². The fraction of sp³-hybridized carbons (Fsp3) is 0.222. The number of carbonyl (C=O) groups excluding carboxylic acids is 2. The number of anilines is 2. The average Bonchev–Trinajstić information content (AvgIpc) is 2.80. The third-order valence-corrected chi connectivity index (χ3v) is 4.59. The van der Waals surface area contributed by atoms with Crippen molar-refractivity contribution in [1.82, 2.24) is 0 Å². The second-order valence-electron chi connectivity index (χ2n) is 5.87. The maximum absolute atomic E-state index is 12.9. The highest BCUT2D eigenvalue weighted by molar-refractivity contribution is 6.24. The van der Waals surface area contributed by atoms with Gasteiger partial charge in [0.2, 0.25) is 11.8 Å². The van der Waals surface area contributed by atoms with Crippen LogP contribution in [0.15, 0.2) is 54.6 Å². The van der Waals surface area contributed by atoms with Gasteiger partial charge in [0.25, 0.3) is 0 Å². The van der Waals surface area contributed by atoms with Crippen LogP contribution in [0.5, 0.6) is 0 Å². The Morgan fingerprint density at radius 2 is 1.59 bits per heavy atom. The molecule has 22 heavy (non-hydrogen) atoms. The topological polar surface area (TPSA) is 40.6 Å². The zero-order valence-electron chi connectivity index (χ0n) is 12.3. The number of rotatable bonds is 1. The third-order valence-electron chi connectivity index (χ3n) is 4.59. The molecule has 0 bridgehead atoms. The SMILES string of the molecule is CN1C[C@H]2C(=O)N(c3ccccc3)C(=O)[C@H]2c2ccccc21. The molecule has 2 aromatic rings. The Balaban J connectivity index is 1.83. The van der Waals surface area contributed by atoms with E-state index in [0.29, 0.717) is 12.2 Å². The van der Waals surface area contributed by atoms with Crippen LogP contribution >= 0.6 is 0 Å². The van der Waals surface area contributed by atoms with Gasteiger partial charge < -0.3 is 4.90 Å². The number of para-hydroxylation sites is 2. The number of hydrogen-bond donors (Lipinski definition) is 0. The van der Waals surface area contributed by atoms with E-state index in [1.165, 1.54) is 4.90 Å². The Morgan fingerprint density at radius 3 is 2.36 bits per heavy atom. The minimum atomic E-state index is -0.361. The second kappa shape index (κ2) is 4.70. The average molecular weight is 292 g/mol. The molecule has 0 N–H and O–H groups in total. The Hall–Kier alpha value is -2.62. The van der Waals surface area contributed by atoms with Gasteiger partial charge in [0, 0.05) is 19.3 Å². The van der Waals surface area contributed by atoms with Gasteiger partial charge in [-0.05, 0) is 23.8 Å². The Bertz CT molecular complexity index is 757. The first-order chi connectivity index (χ1) is 10.7. The summed E-state index contributed by atoms with van der Waals surface area (Å²) in [4.78, 5) is 29.1.